The molecule has 0 rings (SSSR count). The highest BCUT2D eigenvalue weighted by atomic mass is 32.3. The minimum atomic E-state index is -4.35. The lowest BCUT2D eigenvalue weighted by molar-refractivity contribution is 0.154. The van der Waals surface area contributed by atoms with Crippen molar-refractivity contribution in [2.24, 2.45) is 5.92 Å². The summed E-state index contributed by atoms with van der Waals surface area (Å²) in [6.45, 7) is 4.40. The Labute approximate surface area is 123 Å². The number of aliphatic hydroxyl groups is 1. The molecule has 0 radical (unpaired) electrons. The molecule has 0 aliphatic rings. The SMILES string of the molecule is CC(C)CCC(CCCCCCCCO)OS(=O)(=O)O. The third kappa shape index (κ3) is 14.2. The highest BCUT2D eigenvalue weighted by molar-refractivity contribution is 7.80. The molecule has 1 unspecified atom stereocenters. The zero-order valence-corrected chi connectivity index (χ0v) is 13.6. The number of hydrogen-bond donors (Lipinski definition) is 2. The summed E-state index contributed by atoms with van der Waals surface area (Å²) in [4.78, 5) is 0. The van der Waals surface area contributed by atoms with Crippen LogP contribution < -0.4 is 0 Å². The average molecular weight is 310 g/mol. The molecule has 6 heteroatoms. The normalized spacial score (nSPS) is 13.8. The summed E-state index contributed by atoms with van der Waals surface area (Å²) in [5.41, 5.74) is 0. The highest BCUT2D eigenvalue weighted by Gasteiger charge is 2.17. The monoisotopic (exact) mass is 310 g/mol. The predicted octanol–water partition coefficient (Wildman–Crippen LogP) is 3.33. The van der Waals surface area contributed by atoms with Gasteiger partial charge < -0.3 is 5.11 Å². The van der Waals surface area contributed by atoms with E-state index in [0.717, 1.165) is 44.9 Å². The van der Waals surface area contributed by atoms with Gasteiger partial charge >= 0.3 is 10.4 Å². The van der Waals surface area contributed by atoms with Crippen LogP contribution in [0.4, 0.5) is 0 Å². The topological polar surface area (TPSA) is 83.8 Å². The van der Waals surface area contributed by atoms with Crippen molar-refractivity contribution in [3.8, 4) is 0 Å². The number of unbranched alkanes of at least 4 members (excludes halogenated alkanes) is 5. The molecular formula is C14H30O5S. The first-order chi connectivity index (χ1) is 9.35. The molecule has 0 aromatic rings. The van der Waals surface area contributed by atoms with E-state index < -0.39 is 16.5 Å². The van der Waals surface area contributed by atoms with Crippen LogP contribution in [0, 0.1) is 5.92 Å². The van der Waals surface area contributed by atoms with Crippen molar-refractivity contribution < 1.29 is 22.3 Å². The molecule has 0 aliphatic heterocycles. The molecule has 0 saturated carbocycles. The minimum absolute atomic E-state index is 0.249. The first kappa shape index (κ1) is 19.8. The van der Waals surface area contributed by atoms with Crippen molar-refractivity contribution >= 4 is 10.4 Å². The summed E-state index contributed by atoms with van der Waals surface area (Å²) in [6, 6.07) is 0. The fourth-order valence-corrected chi connectivity index (χ4v) is 2.66. The molecule has 0 heterocycles. The van der Waals surface area contributed by atoms with Crippen LogP contribution in [0.3, 0.4) is 0 Å². The minimum Gasteiger partial charge on any atom is -0.396 e. The quantitative estimate of drug-likeness (QED) is 0.402. The molecule has 0 aromatic carbocycles. The van der Waals surface area contributed by atoms with Gasteiger partial charge in [-0.3, -0.25) is 4.55 Å². The van der Waals surface area contributed by atoms with Crippen LogP contribution in [-0.2, 0) is 14.6 Å². The maximum absolute atomic E-state index is 10.8. The van der Waals surface area contributed by atoms with Crippen molar-refractivity contribution in [1.82, 2.24) is 0 Å². The maximum Gasteiger partial charge on any atom is 0.397 e. The van der Waals surface area contributed by atoms with Crippen molar-refractivity contribution in [3.63, 3.8) is 0 Å². The van der Waals surface area contributed by atoms with Crippen LogP contribution in [0.15, 0.2) is 0 Å². The maximum atomic E-state index is 10.8. The molecule has 0 aromatic heterocycles. The molecule has 0 spiro atoms. The first-order valence-corrected chi connectivity index (χ1v) is 8.98. The largest absolute Gasteiger partial charge is 0.397 e. The summed E-state index contributed by atoms with van der Waals surface area (Å²) < 4.78 is 35.1. The van der Waals surface area contributed by atoms with Gasteiger partial charge in [0.2, 0.25) is 0 Å². The fourth-order valence-electron chi connectivity index (χ4n) is 2.12. The Morgan fingerprint density at radius 1 is 0.900 bits per heavy atom. The van der Waals surface area contributed by atoms with E-state index in [0.29, 0.717) is 18.8 Å². The second-order valence-corrected chi connectivity index (χ2v) is 6.80. The lowest BCUT2D eigenvalue weighted by Gasteiger charge is -2.16. The molecule has 0 aliphatic carbocycles. The highest BCUT2D eigenvalue weighted by Crippen LogP contribution is 2.18. The van der Waals surface area contributed by atoms with Crippen LogP contribution in [0.25, 0.3) is 0 Å². The Kier molecular flexibility index (Phi) is 11.4. The van der Waals surface area contributed by atoms with Crippen molar-refractivity contribution in [1.29, 1.82) is 0 Å². The molecule has 0 fully saturated rings. The van der Waals surface area contributed by atoms with Gasteiger partial charge in [0, 0.05) is 6.61 Å². The van der Waals surface area contributed by atoms with E-state index in [2.05, 4.69) is 13.8 Å². The van der Waals surface area contributed by atoms with E-state index in [1.165, 1.54) is 0 Å². The van der Waals surface area contributed by atoms with Gasteiger partial charge in [0.05, 0.1) is 6.10 Å². The van der Waals surface area contributed by atoms with E-state index in [9.17, 15) is 8.42 Å². The van der Waals surface area contributed by atoms with Crippen LogP contribution in [-0.4, -0.2) is 30.8 Å². The van der Waals surface area contributed by atoms with Crippen LogP contribution in [0.5, 0.6) is 0 Å². The van der Waals surface area contributed by atoms with Crippen LogP contribution >= 0.6 is 0 Å². The Bertz CT molecular complexity index is 314. The third-order valence-electron chi connectivity index (χ3n) is 3.26. The van der Waals surface area contributed by atoms with Gasteiger partial charge in [0.1, 0.15) is 0 Å². The zero-order chi connectivity index (χ0) is 15.4. The van der Waals surface area contributed by atoms with Gasteiger partial charge in [0.15, 0.2) is 0 Å². The molecular weight excluding hydrogens is 280 g/mol. The lowest BCUT2D eigenvalue weighted by atomic mass is 10.0. The van der Waals surface area contributed by atoms with E-state index in [1.54, 1.807) is 0 Å². The number of hydrogen-bond acceptors (Lipinski definition) is 4. The molecule has 2 N–H and O–H groups in total. The van der Waals surface area contributed by atoms with E-state index >= 15 is 0 Å². The molecule has 5 nitrogen and oxygen atoms in total. The molecule has 122 valence electrons. The number of aliphatic hydroxyl groups excluding tert-OH is 1. The van der Waals surface area contributed by atoms with Gasteiger partial charge in [-0.25, -0.2) is 4.18 Å². The van der Waals surface area contributed by atoms with Gasteiger partial charge in [-0.05, 0) is 31.6 Å². The Morgan fingerprint density at radius 3 is 1.95 bits per heavy atom. The summed E-state index contributed by atoms with van der Waals surface area (Å²) in [7, 11) is -4.35. The number of rotatable bonds is 13. The van der Waals surface area contributed by atoms with Crippen molar-refractivity contribution in [3.05, 3.63) is 0 Å². The van der Waals surface area contributed by atoms with Crippen LogP contribution in [0.2, 0.25) is 0 Å². The van der Waals surface area contributed by atoms with Gasteiger partial charge in [-0.1, -0.05) is 46.0 Å². The van der Waals surface area contributed by atoms with Crippen LogP contribution in [0.1, 0.15) is 71.6 Å². The van der Waals surface area contributed by atoms with Crippen molar-refractivity contribution in [2.75, 3.05) is 6.61 Å². The fraction of sp³-hybridized carbons (Fsp3) is 1.00. The van der Waals surface area contributed by atoms with E-state index in [4.69, 9.17) is 13.8 Å². The van der Waals surface area contributed by atoms with E-state index in [-0.39, 0.29) is 6.61 Å². The Morgan fingerprint density at radius 2 is 1.45 bits per heavy atom. The first-order valence-electron chi connectivity index (χ1n) is 7.61. The summed E-state index contributed by atoms with van der Waals surface area (Å²) in [5.74, 6) is 0.487. The van der Waals surface area contributed by atoms with Crippen molar-refractivity contribution in [2.45, 2.75) is 77.7 Å². The van der Waals surface area contributed by atoms with Gasteiger partial charge in [0.25, 0.3) is 0 Å². The van der Waals surface area contributed by atoms with Gasteiger partial charge in [-0.2, -0.15) is 8.42 Å². The molecule has 1 atom stereocenters. The average Bonchev–Trinajstić information content (AvgIpc) is 2.32. The second kappa shape index (κ2) is 11.5. The summed E-state index contributed by atoms with van der Waals surface area (Å²) >= 11 is 0. The molecule has 0 saturated heterocycles. The molecule has 0 amide bonds. The standard InChI is InChI=1S/C14H30O5S/c1-13(2)10-11-14(19-20(16,17)18)9-7-5-3-4-6-8-12-15/h13-15H,3-12H2,1-2H3,(H,16,17,18). The van der Waals surface area contributed by atoms with Gasteiger partial charge in [-0.15, -0.1) is 0 Å². The third-order valence-corrected chi connectivity index (χ3v) is 3.77. The lowest BCUT2D eigenvalue weighted by Crippen LogP contribution is -2.18. The Hall–Kier alpha value is -0.170. The second-order valence-electron chi connectivity index (χ2n) is 5.75. The molecule has 20 heavy (non-hydrogen) atoms. The summed E-state index contributed by atoms with van der Waals surface area (Å²) in [5, 5.41) is 8.66. The van der Waals surface area contributed by atoms with E-state index in [1.807, 2.05) is 0 Å². The zero-order valence-electron chi connectivity index (χ0n) is 12.8. The summed E-state index contributed by atoms with van der Waals surface area (Å²) in [6.07, 6.45) is 7.78. The predicted molar refractivity (Wildman–Crippen MR) is 79.9 cm³/mol. The smallest absolute Gasteiger partial charge is 0.396 e. The Balaban J connectivity index is 3.85. The molecule has 0 bridgehead atoms.